The van der Waals surface area contributed by atoms with Crippen LogP contribution in [0.25, 0.3) is 0 Å². The van der Waals surface area contributed by atoms with Crippen molar-refractivity contribution in [3.63, 3.8) is 0 Å². The SMILES string of the molecule is O=C(c1cccc(C(F)(F)F)c1)C(F)(F)C(F)(F)F. The third kappa shape index (κ3) is 3.02. The van der Waals surface area contributed by atoms with Crippen molar-refractivity contribution in [3.05, 3.63) is 35.4 Å². The lowest BCUT2D eigenvalue weighted by Crippen LogP contribution is -2.44. The number of carbonyl (C=O) groups excluding carboxylic acids is 1. The zero-order chi connectivity index (χ0) is 15.1. The lowest BCUT2D eigenvalue weighted by atomic mass is 10.0. The van der Waals surface area contributed by atoms with Crippen LogP contribution in [0.4, 0.5) is 35.1 Å². The Bertz CT molecular complexity index is 485. The summed E-state index contributed by atoms with van der Waals surface area (Å²) in [5.74, 6) is -8.47. The Morgan fingerprint density at radius 3 is 1.84 bits per heavy atom. The molecule has 0 aliphatic heterocycles. The summed E-state index contributed by atoms with van der Waals surface area (Å²) in [4.78, 5) is 11.0. The molecular weight excluding hydrogens is 288 g/mol. The van der Waals surface area contributed by atoms with Gasteiger partial charge in [0.2, 0.25) is 5.78 Å². The van der Waals surface area contributed by atoms with Gasteiger partial charge in [-0.25, -0.2) is 0 Å². The predicted molar refractivity (Wildman–Crippen MR) is 46.8 cm³/mol. The van der Waals surface area contributed by atoms with Crippen molar-refractivity contribution in [1.82, 2.24) is 0 Å². The van der Waals surface area contributed by atoms with Crippen molar-refractivity contribution in [2.24, 2.45) is 0 Å². The summed E-state index contributed by atoms with van der Waals surface area (Å²) in [6, 6.07) is 1.42. The first-order chi connectivity index (χ1) is 8.37. The predicted octanol–water partition coefficient (Wildman–Crippen LogP) is 4.09. The number of alkyl halides is 8. The molecule has 0 aliphatic rings. The third-order valence-corrected chi connectivity index (χ3v) is 2.09. The molecule has 0 heterocycles. The van der Waals surface area contributed by atoms with E-state index >= 15 is 0 Å². The molecule has 0 radical (unpaired) electrons. The minimum absolute atomic E-state index is 0.0536. The van der Waals surface area contributed by atoms with Crippen LogP contribution in [0.15, 0.2) is 24.3 Å². The van der Waals surface area contributed by atoms with Gasteiger partial charge in [0.15, 0.2) is 0 Å². The monoisotopic (exact) mass is 292 g/mol. The fraction of sp³-hybridized carbons (Fsp3) is 0.300. The molecule has 0 aromatic heterocycles. The van der Waals surface area contributed by atoms with Crippen LogP contribution in [0.5, 0.6) is 0 Å². The third-order valence-electron chi connectivity index (χ3n) is 2.09. The molecule has 0 saturated carbocycles. The van der Waals surface area contributed by atoms with Gasteiger partial charge in [-0.1, -0.05) is 12.1 Å². The lowest BCUT2D eigenvalue weighted by Gasteiger charge is -2.18. The van der Waals surface area contributed by atoms with E-state index in [0.29, 0.717) is 18.2 Å². The van der Waals surface area contributed by atoms with Gasteiger partial charge in [0, 0.05) is 5.56 Å². The van der Waals surface area contributed by atoms with E-state index in [1.807, 2.05) is 0 Å². The molecule has 0 N–H and O–H groups in total. The average molecular weight is 292 g/mol. The molecule has 0 bridgehead atoms. The number of hydrogen-bond acceptors (Lipinski definition) is 1. The highest BCUT2D eigenvalue weighted by Crippen LogP contribution is 2.38. The molecule has 0 saturated heterocycles. The average Bonchev–Trinajstić information content (AvgIpc) is 2.25. The maximum atomic E-state index is 12.7. The fourth-order valence-corrected chi connectivity index (χ4v) is 1.15. The maximum Gasteiger partial charge on any atom is 0.461 e. The molecule has 0 fully saturated rings. The van der Waals surface area contributed by atoms with Crippen LogP contribution in [0.3, 0.4) is 0 Å². The first kappa shape index (κ1) is 15.4. The van der Waals surface area contributed by atoms with Crippen LogP contribution >= 0.6 is 0 Å². The van der Waals surface area contributed by atoms with Crippen molar-refractivity contribution in [3.8, 4) is 0 Å². The van der Waals surface area contributed by atoms with Crippen LogP contribution in [0.1, 0.15) is 15.9 Å². The van der Waals surface area contributed by atoms with Gasteiger partial charge in [0.25, 0.3) is 0 Å². The summed E-state index contributed by atoms with van der Waals surface area (Å²) < 4.78 is 97.8. The molecule has 1 aromatic carbocycles. The summed E-state index contributed by atoms with van der Waals surface area (Å²) in [7, 11) is 0. The van der Waals surface area contributed by atoms with Gasteiger partial charge in [-0.05, 0) is 12.1 Å². The molecule has 0 atom stereocenters. The van der Waals surface area contributed by atoms with Gasteiger partial charge in [0.1, 0.15) is 0 Å². The van der Waals surface area contributed by atoms with E-state index in [1.165, 1.54) is 0 Å². The maximum absolute atomic E-state index is 12.7. The molecule has 0 aliphatic carbocycles. The summed E-state index contributed by atoms with van der Waals surface area (Å²) in [5.41, 5.74) is -2.85. The smallest absolute Gasteiger partial charge is 0.287 e. The molecule has 0 unspecified atom stereocenters. The minimum atomic E-state index is -6.17. The number of halogens is 8. The minimum Gasteiger partial charge on any atom is -0.287 e. The Morgan fingerprint density at radius 2 is 1.42 bits per heavy atom. The van der Waals surface area contributed by atoms with Crippen molar-refractivity contribution < 1.29 is 39.9 Å². The number of Topliss-reactive ketones (excluding diaryl/α,β-unsaturated/α-hetero) is 1. The van der Waals surface area contributed by atoms with Gasteiger partial charge in [-0.15, -0.1) is 0 Å². The number of ketones is 1. The van der Waals surface area contributed by atoms with Gasteiger partial charge in [0.05, 0.1) is 5.56 Å². The first-order valence-electron chi connectivity index (χ1n) is 4.54. The van der Waals surface area contributed by atoms with Crippen molar-refractivity contribution in [2.45, 2.75) is 18.3 Å². The Labute approximate surface area is 100 Å². The largest absolute Gasteiger partial charge is 0.461 e. The van der Waals surface area contributed by atoms with Crippen molar-refractivity contribution in [2.75, 3.05) is 0 Å². The zero-order valence-corrected chi connectivity index (χ0v) is 8.74. The summed E-state index contributed by atoms with van der Waals surface area (Å²) >= 11 is 0. The number of rotatable bonds is 2. The second-order valence-corrected chi connectivity index (χ2v) is 3.48. The standard InChI is InChI=1S/C10H4F8O/c11-8(12,10(16,17)18)7(19)5-2-1-3-6(4-5)9(13,14)15/h1-4H. The highest BCUT2D eigenvalue weighted by atomic mass is 19.4. The topological polar surface area (TPSA) is 17.1 Å². The van der Waals surface area contributed by atoms with E-state index in [2.05, 4.69) is 0 Å². The molecule has 0 spiro atoms. The molecule has 19 heavy (non-hydrogen) atoms. The highest BCUT2D eigenvalue weighted by molar-refractivity contribution is 6.02. The van der Waals surface area contributed by atoms with E-state index in [4.69, 9.17) is 0 Å². The fourth-order valence-electron chi connectivity index (χ4n) is 1.15. The summed E-state index contributed by atoms with van der Waals surface area (Å²) in [6.07, 6.45) is -11.1. The molecular formula is C10H4F8O. The highest BCUT2D eigenvalue weighted by Gasteiger charge is 2.63. The van der Waals surface area contributed by atoms with Crippen molar-refractivity contribution >= 4 is 5.78 Å². The molecule has 1 nitrogen and oxygen atoms in total. The first-order valence-corrected chi connectivity index (χ1v) is 4.54. The normalized spacial score (nSPS) is 13.5. The number of carbonyl (C=O) groups is 1. The Hall–Kier alpha value is -1.67. The second kappa shape index (κ2) is 4.46. The van der Waals surface area contributed by atoms with E-state index in [-0.39, 0.29) is 6.07 Å². The zero-order valence-electron chi connectivity index (χ0n) is 8.74. The lowest BCUT2D eigenvalue weighted by molar-refractivity contribution is -0.255. The summed E-state index contributed by atoms with van der Waals surface area (Å²) in [5, 5.41) is 0. The Balaban J connectivity index is 3.22. The van der Waals surface area contributed by atoms with Crippen molar-refractivity contribution in [1.29, 1.82) is 0 Å². The van der Waals surface area contributed by atoms with Crippen LogP contribution in [0.2, 0.25) is 0 Å². The molecule has 0 amide bonds. The van der Waals surface area contributed by atoms with Gasteiger partial charge < -0.3 is 0 Å². The van der Waals surface area contributed by atoms with Crippen LogP contribution in [-0.2, 0) is 6.18 Å². The van der Waals surface area contributed by atoms with Crippen LogP contribution < -0.4 is 0 Å². The second-order valence-electron chi connectivity index (χ2n) is 3.48. The van der Waals surface area contributed by atoms with Crippen LogP contribution in [-0.4, -0.2) is 17.9 Å². The van der Waals surface area contributed by atoms with E-state index in [0.717, 1.165) is 0 Å². The van der Waals surface area contributed by atoms with Crippen LogP contribution in [0, 0.1) is 0 Å². The number of hydrogen-bond donors (Lipinski definition) is 0. The van der Waals surface area contributed by atoms with E-state index in [9.17, 15) is 39.9 Å². The molecule has 106 valence electrons. The molecule has 9 heteroatoms. The Kier molecular flexibility index (Phi) is 3.61. The van der Waals surface area contributed by atoms with Gasteiger partial charge >= 0.3 is 18.3 Å². The molecule has 1 rings (SSSR count). The van der Waals surface area contributed by atoms with E-state index < -0.39 is 35.2 Å². The van der Waals surface area contributed by atoms with E-state index in [1.54, 1.807) is 0 Å². The van der Waals surface area contributed by atoms with Gasteiger partial charge in [-0.2, -0.15) is 35.1 Å². The summed E-state index contributed by atoms with van der Waals surface area (Å²) in [6.45, 7) is 0. The Morgan fingerprint density at radius 1 is 0.895 bits per heavy atom. The van der Waals surface area contributed by atoms with Gasteiger partial charge in [-0.3, -0.25) is 4.79 Å². The number of benzene rings is 1. The quantitative estimate of drug-likeness (QED) is 0.593. The molecule has 1 aromatic rings.